The summed E-state index contributed by atoms with van der Waals surface area (Å²) in [6.07, 6.45) is -0.442. The van der Waals surface area contributed by atoms with Gasteiger partial charge in [0.1, 0.15) is 34.5 Å². The molecule has 2 aliphatic heterocycles. The number of hydrogen-bond donors (Lipinski definition) is 3. The standard InChI is InChI=1S/C36H34ClN3O10/c1-18-12-23(42)30(34(44)36(18)35(45)31-26(46-2)15-27(47-3)32(37)33(31)50-36)20(19-8-9-24-25(13-19)49-17-48-24)14-29(43)38-10-11-40-22-7-5-4-6-21(22)39-28(40)16-41/h4-9,13,15,18,20,41,44H,10-12,14,16-17H2,1-3H3,(H,38,43)/t18-,20?,36+/m1/s1. The average molecular weight is 704 g/mol. The number of aromatic nitrogens is 2. The summed E-state index contributed by atoms with van der Waals surface area (Å²) in [5.74, 6) is -2.31. The molecule has 3 atom stereocenters. The maximum atomic E-state index is 14.4. The highest BCUT2D eigenvalue weighted by atomic mass is 35.5. The van der Waals surface area contributed by atoms with E-state index in [0.717, 1.165) is 11.0 Å². The molecule has 3 aromatic carbocycles. The second-order valence-corrected chi connectivity index (χ2v) is 12.7. The Labute approximate surface area is 291 Å². The Bertz CT molecular complexity index is 2090. The third-order valence-corrected chi connectivity index (χ3v) is 9.94. The number of allylic oxidation sites excluding steroid dienone is 1. The molecule has 1 unspecified atom stereocenters. The van der Waals surface area contributed by atoms with Crippen LogP contribution in [0, 0.1) is 5.92 Å². The molecule has 0 radical (unpaired) electrons. The first kappa shape index (κ1) is 33.2. The summed E-state index contributed by atoms with van der Waals surface area (Å²) in [6.45, 7) is 1.85. The van der Waals surface area contributed by atoms with Crippen molar-refractivity contribution in [2.24, 2.45) is 5.92 Å². The summed E-state index contributed by atoms with van der Waals surface area (Å²) in [6, 6.07) is 13.9. The number of imidazole rings is 1. The van der Waals surface area contributed by atoms with Crippen LogP contribution in [0.3, 0.4) is 0 Å². The molecule has 0 saturated carbocycles. The number of nitrogens with one attached hydrogen (secondary N) is 1. The van der Waals surface area contributed by atoms with E-state index in [0.29, 0.717) is 29.4 Å². The maximum Gasteiger partial charge on any atom is 0.231 e. The number of halogens is 1. The van der Waals surface area contributed by atoms with Crippen molar-refractivity contribution < 1.29 is 48.3 Å². The fourth-order valence-electron chi connectivity index (χ4n) is 7.12. The number of carbonyl (C=O) groups excluding carboxylic acids is 3. The predicted octanol–water partition coefficient (Wildman–Crippen LogP) is 4.65. The van der Waals surface area contributed by atoms with E-state index in [1.807, 2.05) is 28.8 Å². The molecular weight excluding hydrogens is 670 g/mol. The quantitative estimate of drug-likeness (QED) is 0.210. The Morgan fingerprint density at radius 2 is 1.88 bits per heavy atom. The van der Waals surface area contributed by atoms with Crippen molar-refractivity contribution in [1.82, 2.24) is 14.9 Å². The summed E-state index contributed by atoms with van der Waals surface area (Å²) in [5.41, 5.74) is -0.144. The molecule has 0 bridgehead atoms. The number of fused-ring (bicyclic) bond motifs is 3. The number of amides is 1. The van der Waals surface area contributed by atoms with Gasteiger partial charge in [0.2, 0.25) is 24.1 Å². The van der Waals surface area contributed by atoms with Crippen LogP contribution in [-0.4, -0.2) is 70.4 Å². The number of benzene rings is 3. The number of ether oxygens (including phenoxy) is 5. The van der Waals surface area contributed by atoms with Gasteiger partial charge in [0.15, 0.2) is 28.8 Å². The third kappa shape index (κ3) is 5.19. The molecule has 50 heavy (non-hydrogen) atoms. The Morgan fingerprint density at radius 3 is 2.64 bits per heavy atom. The molecule has 1 amide bonds. The van der Waals surface area contributed by atoms with Crippen molar-refractivity contribution in [2.75, 3.05) is 27.6 Å². The number of methoxy groups -OCH3 is 2. The largest absolute Gasteiger partial charge is 0.507 e. The van der Waals surface area contributed by atoms with Crippen molar-refractivity contribution in [3.8, 4) is 28.7 Å². The number of nitrogens with zero attached hydrogens (tertiary/aromatic N) is 2. The van der Waals surface area contributed by atoms with Crippen LogP contribution in [0.4, 0.5) is 0 Å². The van der Waals surface area contributed by atoms with Gasteiger partial charge in [-0.05, 0) is 29.8 Å². The van der Waals surface area contributed by atoms with E-state index in [1.54, 1.807) is 25.1 Å². The van der Waals surface area contributed by atoms with E-state index in [4.69, 9.17) is 35.3 Å². The minimum atomic E-state index is -2.02. The van der Waals surface area contributed by atoms with Gasteiger partial charge in [0.25, 0.3) is 0 Å². The van der Waals surface area contributed by atoms with Gasteiger partial charge in [0, 0.05) is 49.4 Å². The number of para-hydroxylation sites is 2. The highest BCUT2D eigenvalue weighted by molar-refractivity contribution is 6.35. The Hall–Kier alpha value is -5.27. The highest BCUT2D eigenvalue weighted by Gasteiger charge is 2.61. The van der Waals surface area contributed by atoms with Gasteiger partial charge in [-0.2, -0.15) is 0 Å². The lowest BCUT2D eigenvalue weighted by Gasteiger charge is -2.38. The van der Waals surface area contributed by atoms with Crippen molar-refractivity contribution >= 4 is 40.1 Å². The van der Waals surface area contributed by atoms with Crippen LogP contribution in [0.25, 0.3) is 11.0 Å². The first-order valence-electron chi connectivity index (χ1n) is 16.0. The number of carbonyl (C=O) groups is 3. The molecule has 0 fully saturated rings. The highest BCUT2D eigenvalue weighted by Crippen LogP contribution is 2.56. The number of Topliss-reactive ketones (excluding diaryl/α,β-unsaturated/α-hetero) is 2. The van der Waals surface area contributed by atoms with Crippen molar-refractivity contribution in [2.45, 2.75) is 44.4 Å². The Morgan fingerprint density at radius 1 is 1.12 bits per heavy atom. The van der Waals surface area contributed by atoms with Crippen LogP contribution < -0.4 is 29.0 Å². The molecule has 3 N–H and O–H groups in total. The van der Waals surface area contributed by atoms with E-state index < -0.39 is 40.7 Å². The first-order valence-corrected chi connectivity index (χ1v) is 16.4. The lowest BCUT2D eigenvalue weighted by atomic mass is 9.69. The van der Waals surface area contributed by atoms with E-state index in [-0.39, 0.29) is 66.2 Å². The zero-order valence-corrected chi connectivity index (χ0v) is 28.2. The molecule has 0 saturated heterocycles. The zero-order valence-electron chi connectivity index (χ0n) is 27.4. The zero-order chi connectivity index (χ0) is 35.3. The number of ketones is 2. The van der Waals surface area contributed by atoms with Gasteiger partial charge in [0.05, 0.1) is 25.3 Å². The number of hydrogen-bond acceptors (Lipinski definition) is 11. The molecule has 260 valence electrons. The average Bonchev–Trinajstić information content (AvgIpc) is 3.82. The minimum absolute atomic E-state index is 0.00283. The summed E-state index contributed by atoms with van der Waals surface area (Å²) in [7, 11) is 2.78. The second kappa shape index (κ2) is 12.9. The minimum Gasteiger partial charge on any atom is -0.507 e. The molecule has 1 spiro atoms. The lowest BCUT2D eigenvalue weighted by molar-refractivity contribution is -0.121. The Kier molecular flexibility index (Phi) is 8.56. The second-order valence-electron chi connectivity index (χ2n) is 12.3. The van der Waals surface area contributed by atoms with Crippen molar-refractivity contribution in [1.29, 1.82) is 0 Å². The number of rotatable bonds is 10. The third-order valence-electron chi connectivity index (χ3n) is 9.58. The summed E-state index contributed by atoms with van der Waals surface area (Å²) >= 11 is 6.61. The maximum absolute atomic E-state index is 14.4. The molecule has 7 rings (SSSR count). The van der Waals surface area contributed by atoms with E-state index in [9.17, 15) is 24.6 Å². The van der Waals surface area contributed by atoms with Crippen LogP contribution in [0.5, 0.6) is 28.7 Å². The van der Waals surface area contributed by atoms with E-state index in [2.05, 4.69) is 10.3 Å². The van der Waals surface area contributed by atoms with Crippen molar-refractivity contribution in [3.63, 3.8) is 0 Å². The lowest BCUT2D eigenvalue weighted by Crippen LogP contribution is -2.53. The van der Waals surface area contributed by atoms with Crippen LogP contribution in [0.2, 0.25) is 5.02 Å². The van der Waals surface area contributed by atoms with Gasteiger partial charge in [-0.1, -0.05) is 36.7 Å². The van der Waals surface area contributed by atoms with Crippen LogP contribution in [-0.2, 0) is 22.7 Å². The number of aliphatic hydroxyl groups excluding tert-OH is 2. The first-order chi connectivity index (χ1) is 24.1. The molecule has 3 aliphatic rings. The Balaban J connectivity index is 1.25. The fraction of sp³-hybridized carbons (Fsp3) is 0.333. The molecule has 4 aromatic rings. The molecule has 13 nitrogen and oxygen atoms in total. The van der Waals surface area contributed by atoms with Gasteiger partial charge >= 0.3 is 0 Å². The van der Waals surface area contributed by atoms with Crippen LogP contribution >= 0.6 is 11.6 Å². The SMILES string of the molecule is COc1cc(OC)c2c(c1Cl)O[C@]1(C2=O)C(O)=C(C(CC(=O)NCCn2c(CO)nc3ccccc32)c2ccc3c(c2)OCO3)C(=O)C[C@H]1C. The van der Waals surface area contributed by atoms with Gasteiger partial charge in [-0.25, -0.2) is 4.98 Å². The molecule has 14 heteroatoms. The van der Waals surface area contributed by atoms with E-state index >= 15 is 0 Å². The van der Waals surface area contributed by atoms with Gasteiger partial charge in [-0.15, -0.1) is 0 Å². The molecular formula is C36H34ClN3O10. The normalized spacial score (nSPS) is 19.9. The smallest absolute Gasteiger partial charge is 0.231 e. The van der Waals surface area contributed by atoms with Crippen LogP contribution in [0.15, 0.2) is 59.9 Å². The van der Waals surface area contributed by atoms with Gasteiger partial charge in [-0.3, -0.25) is 14.4 Å². The van der Waals surface area contributed by atoms with Gasteiger partial charge < -0.3 is 43.8 Å². The summed E-state index contributed by atoms with van der Waals surface area (Å²) in [4.78, 5) is 46.4. The predicted molar refractivity (Wildman–Crippen MR) is 179 cm³/mol. The number of aliphatic hydroxyl groups is 2. The van der Waals surface area contributed by atoms with Crippen LogP contribution in [0.1, 0.15) is 47.4 Å². The molecule has 1 aliphatic carbocycles. The topological polar surface area (TPSA) is 168 Å². The fourth-order valence-corrected chi connectivity index (χ4v) is 7.38. The monoisotopic (exact) mass is 703 g/mol. The van der Waals surface area contributed by atoms with E-state index in [1.165, 1.54) is 20.3 Å². The van der Waals surface area contributed by atoms with Crippen molar-refractivity contribution in [3.05, 3.63) is 81.8 Å². The summed E-state index contributed by atoms with van der Waals surface area (Å²) < 4.78 is 30.1. The molecule has 1 aromatic heterocycles. The summed E-state index contributed by atoms with van der Waals surface area (Å²) in [5, 5.41) is 24.9. The molecule has 3 heterocycles.